The second-order valence-corrected chi connectivity index (χ2v) is 6.16. The third-order valence-corrected chi connectivity index (χ3v) is 3.95. The molecule has 0 amide bonds. The first-order valence-electron chi connectivity index (χ1n) is 7.57. The maximum absolute atomic E-state index is 6.90. The number of unbranched alkanes of at least 4 members (excludes halogenated alkanes) is 1. The van der Waals surface area contributed by atoms with Gasteiger partial charge < -0.3 is 10.6 Å². The van der Waals surface area contributed by atoms with Crippen LogP contribution in [0.2, 0.25) is 0 Å². The van der Waals surface area contributed by atoms with Gasteiger partial charge in [-0.25, -0.2) is 0 Å². The molecule has 2 nitrogen and oxygen atoms in total. The van der Waals surface area contributed by atoms with Crippen LogP contribution in [0, 0.1) is 0 Å². The molecule has 0 aliphatic carbocycles. The van der Waals surface area contributed by atoms with E-state index in [1.54, 1.807) is 0 Å². The van der Waals surface area contributed by atoms with Crippen molar-refractivity contribution in [1.82, 2.24) is 4.90 Å². The summed E-state index contributed by atoms with van der Waals surface area (Å²) < 4.78 is 0. The highest BCUT2D eigenvalue weighted by Crippen LogP contribution is 2.33. The third-order valence-electron chi connectivity index (χ3n) is 3.95. The fourth-order valence-corrected chi connectivity index (χ4v) is 3.03. The van der Waals surface area contributed by atoms with E-state index in [-0.39, 0.29) is 5.54 Å². The zero-order valence-electron chi connectivity index (χ0n) is 13.5. The van der Waals surface area contributed by atoms with Crippen molar-refractivity contribution >= 4 is 0 Å². The van der Waals surface area contributed by atoms with Crippen molar-refractivity contribution in [2.75, 3.05) is 14.1 Å². The van der Waals surface area contributed by atoms with E-state index in [2.05, 4.69) is 63.7 Å². The molecule has 1 rings (SSSR count). The van der Waals surface area contributed by atoms with Gasteiger partial charge in [0.1, 0.15) is 0 Å². The second kappa shape index (κ2) is 7.61. The number of nitrogens with zero attached hydrogens (tertiary/aromatic N) is 1. The van der Waals surface area contributed by atoms with Gasteiger partial charge >= 0.3 is 0 Å². The molecule has 1 aromatic carbocycles. The maximum Gasteiger partial charge on any atom is 0.0604 e. The summed E-state index contributed by atoms with van der Waals surface area (Å²) in [6.45, 7) is 8.38. The van der Waals surface area contributed by atoms with Crippen LogP contribution in [0.25, 0.3) is 0 Å². The number of benzene rings is 1. The van der Waals surface area contributed by atoms with E-state index < -0.39 is 0 Å². The molecule has 2 unspecified atom stereocenters. The van der Waals surface area contributed by atoms with Crippen molar-refractivity contribution in [2.24, 2.45) is 5.73 Å². The molecule has 20 heavy (non-hydrogen) atoms. The lowest BCUT2D eigenvalue weighted by atomic mass is 9.76. The average molecular weight is 274 g/mol. The van der Waals surface area contributed by atoms with Gasteiger partial charge in [-0.05, 0) is 39.4 Å². The SMILES string of the molecule is C=C(C)CC(N)(c1ccccc1)C(CCCC)N(C)C. The molecule has 0 aromatic heterocycles. The Morgan fingerprint density at radius 1 is 1.30 bits per heavy atom. The van der Waals surface area contributed by atoms with Crippen LogP contribution in [0.15, 0.2) is 42.5 Å². The van der Waals surface area contributed by atoms with Crippen LogP contribution in [0.1, 0.15) is 45.1 Å². The Labute approximate surface area is 124 Å². The van der Waals surface area contributed by atoms with Gasteiger partial charge in [0.15, 0.2) is 0 Å². The van der Waals surface area contributed by atoms with Crippen molar-refractivity contribution in [1.29, 1.82) is 0 Å². The van der Waals surface area contributed by atoms with E-state index in [4.69, 9.17) is 5.73 Å². The molecule has 0 heterocycles. The molecule has 0 aliphatic heterocycles. The van der Waals surface area contributed by atoms with Crippen molar-refractivity contribution < 1.29 is 0 Å². The van der Waals surface area contributed by atoms with Gasteiger partial charge in [0.2, 0.25) is 0 Å². The molecule has 0 saturated carbocycles. The summed E-state index contributed by atoms with van der Waals surface area (Å²) in [5.41, 5.74) is 8.88. The van der Waals surface area contributed by atoms with Gasteiger partial charge in [-0.3, -0.25) is 0 Å². The van der Waals surface area contributed by atoms with E-state index in [0.717, 1.165) is 18.4 Å². The predicted molar refractivity (Wildman–Crippen MR) is 88.7 cm³/mol. The van der Waals surface area contributed by atoms with E-state index in [9.17, 15) is 0 Å². The van der Waals surface area contributed by atoms with Crippen molar-refractivity contribution in [3.63, 3.8) is 0 Å². The van der Waals surface area contributed by atoms with Crippen LogP contribution in [0.4, 0.5) is 0 Å². The Balaban J connectivity index is 3.17. The molecule has 1 aromatic rings. The lowest BCUT2D eigenvalue weighted by Gasteiger charge is -2.42. The summed E-state index contributed by atoms with van der Waals surface area (Å²) in [4.78, 5) is 2.27. The van der Waals surface area contributed by atoms with Gasteiger partial charge in [0.05, 0.1) is 5.54 Å². The largest absolute Gasteiger partial charge is 0.320 e. The van der Waals surface area contributed by atoms with Crippen LogP contribution in [0.5, 0.6) is 0 Å². The summed E-state index contributed by atoms with van der Waals surface area (Å²) in [6, 6.07) is 10.8. The van der Waals surface area contributed by atoms with Crippen LogP contribution in [0.3, 0.4) is 0 Å². The summed E-state index contributed by atoms with van der Waals surface area (Å²) >= 11 is 0. The van der Waals surface area contributed by atoms with Gasteiger partial charge in [-0.1, -0.05) is 55.7 Å². The lowest BCUT2D eigenvalue weighted by Crippen LogP contribution is -2.54. The molecule has 0 saturated heterocycles. The molecule has 112 valence electrons. The van der Waals surface area contributed by atoms with Gasteiger partial charge in [0.25, 0.3) is 0 Å². The molecule has 0 radical (unpaired) electrons. The van der Waals surface area contributed by atoms with E-state index in [1.807, 2.05) is 6.07 Å². The van der Waals surface area contributed by atoms with Crippen molar-refractivity contribution in [3.8, 4) is 0 Å². The van der Waals surface area contributed by atoms with Gasteiger partial charge in [-0.15, -0.1) is 6.58 Å². The summed E-state index contributed by atoms with van der Waals surface area (Å²) in [5, 5.41) is 0. The normalized spacial score (nSPS) is 15.9. The summed E-state index contributed by atoms with van der Waals surface area (Å²) in [7, 11) is 4.26. The van der Waals surface area contributed by atoms with E-state index >= 15 is 0 Å². The van der Waals surface area contributed by atoms with Gasteiger partial charge in [-0.2, -0.15) is 0 Å². The van der Waals surface area contributed by atoms with E-state index in [1.165, 1.54) is 18.4 Å². The van der Waals surface area contributed by atoms with Crippen LogP contribution in [-0.4, -0.2) is 25.0 Å². The fraction of sp³-hybridized carbons (Fsp3) is 0.556. The van der Waals surface area contributed by atoms with E-state index in [0.29, 0.717) is 6.04 Å². The number of nitrogens with two attached hydrogens (primary N) is 1. The fourth-order valence-electron chi connectivity index (χ4n) is 3.03. The molecule has 0 spiro atoms. The highest BCUT2D eigenvalue weighted by molar-refractivity contribution is 5.28. The number of likely N-dealkylation sites (N-methyl/N-ethyl adjacent to an activating group) is 1. The monoisotopic (exact) mass is 274 g/mol. The number of hydrogen-bond donors (Lipinski definition) is 1. The first-order valence-corrected chi connectivity index (χ1v) is 7.57. The third kappa shape index (κ3) is 4.19. The first kappa shape index (κ1) is 16.9. The first-order chi connectivity index (χ1) is 9.41. The standard InChI is InChI=1S/C18H30N2/c1-6-7-13-17(20(4)5)18(19,14-15(2)3)16-11-9-8-10-12-16/h8-12,17H,2,6-7,13-14,19H2,1,3-5H3. The molecule has 2 heteroatoms. The highest BCUT2D eigenvalue weighted by Gasteiger charge is 2.37. The van der Waals surface area contributed by atoms with Crippen molar-refractivity contribution in [3.05, 3.63) is 48.0 Å². The smallest absolute Gasteiger partial charge is 0.0604 e. The molecule has 0 bridgehead atoms. The average Bonchev–Trinajstić information content (AvgIpc) is 2.39. The number of hydrogen-bond acceptors (Lipinski definition) is 2. The maximum atomic E-state index is 6.90. The minimum atomic E-state index is -0.369. The minimum absolute atomic E-state index is 0.321. The topological polar surface area (TPSA) is 29.3 Å². The summed E-state index contributed by atoms with van der Waals surface area (Å²) in [5.74, 6) is 0. The molecular weight excluding hydrogens is 244 g/mol. The molecule has 0 fully saturated rings. The molecular formula is C18H30N2. The minimum Gasteiger partial charge on any atom is -0.320 e. The highest BCUT2D eigenvalue weighted by atomic mass is 15.1. The Morgan fingerprint density at radius 2 is 1.90 bits per heavy atom. The predicted octanol–water partition coefficient (Wildman–Crippen LogP) is 3.93. The zero-order valence-corrected chi connectivity index (χ0v) is 13.5. The Kier molecular flexibility index (Phi) is 6.44. The second-order valence-electron chi connectivity index (χ2n) is 6.16. The van der Waals surface area contributed by atoms with Crippen LogP contribution < -0.4 is 5.73 Å². The van der Waals surface area contributed by atoms with Crippen molar-refractivity contribution in [2.45, 2.75) is 51.1 Å². The Bertz CT molecular complexity index is 411. The Hall–Kier alpha value is -1.12. The van der Waals surface area contributed by atoms with Gasteiger partial charge in [0, 0.05) is 6.04 Å². The molecule has 2 atom stereocenters. The summed E-state index contributed by atoms with van der Waals surface area (Å²) in [6.07, 6.45) is 4.33. The zero-order chi connectivity index (χ0) is 15.2. The quantitative estimate of drug-likeness (QED) is 0.728. The van der Waals surface area contributed by atoms with Crippen LogP contribution in [-0.2, 0) is 5.54 Å². The molecule has 2 N–H and O–H groups in total. The number of rotatable bonds is 8. The Morgan fingerprint density at radius 3 is 2.35 bits per heavy atom. The van der Waals surface area contributed by atoms with Crippen LogP contribution >= 0.6 is 0 Å². The lowest BCUT2D eigenvalue weighted by molar-refractivity contribution is 0.160. The molecule has 0 aliphatic rings.